The zero-order valence-electron chi connectivity index (χ0n) is 5.72. The van der Waals surface area contributed by atoms with Crippen LogP contribution in [0.4, 0.5) is 0 Å². The van der Waals surface area contributed by atoms with Crippen LogP contribution in [0.15, 0.2) is 0 Å². The highest BCUT2D eigenvalue weighted by Gasteiger charge is 2.46. The van der Waals surface area contributed by atoms with E-state index in [4.69, 9.17) is 4.74 Å². The van der Waals surface area contributed by atoms with E-state index in [9.17, 15) is 0 Å². The summed E-state index contributed by atoms with van der Waals surface area (Å²) in [5.41, 5.74) is 0.372. The fourth-order valence-corrected chi connectivity index (χ4v) is 2.43. The molecule has 2 fully saturated rings. The van der Waals surface area contributed by atoms with Crippen molar-refractivity contribution in [3.05, 3.63) is 0 Å². The maximum absolute atomic E-state index is 5.36. The van der Waals surface area contributed by atoms with Gasteiger partial charge in [0.15, 0.2) is 0 Å². The van der Waals surface area contributed by atoms with Gasteiger partial charge in [-0.2, -0.15) is 11.8 Å². The van der Waals surface area contributed by atoms with E-state index in [1.807, 2.05) is 0 Å². The molecule has 2 saturated heterocycles. The van der Waals surface area contributed by atoms with Crippen LogP contribution in [-0.2, 0) is 4.74 Å². The molecule has 0 amide bonds. The second kappa shape index (κ2) is 1.89. The van der Waals surface area contributed by atoms with Gasteiger partial charge in [0.2, 0.25) is 0 Å². The fraction of sp³-hybridized carbons (Fsp3) is 1.00. The summed E-state index contributed by atoms with van der Waals surface area (Å²) in [6, 6.07) is 0. The molecule has 0 aromatic rings. The molecule has 2 atom stereocenters. The molecule has 1 nitrogen and oxygen atoms in total. The van der Waals surface area contributed by atoms with Crippen LogP contribution in [0.2, 0.25) is 0 Å². The molecule has 52 valence electrons. The summed E-state index contributed by atoms with van der Waals surface area (Å²) < 4.78 is 5.36. The SMILES string of the molecule is CC1CCC2(CO2)CS1. The Morgan fingerprint density at radius 3 is 2.89 bits per heavy atom. The standard InChI is InChI=1S/C7H12OS/c1-6-2-3-7(4-8-7)5-9-6/h6H,2-5H2,1H3. The smallest absolute Gasteiger partial charge is 0.101 e. The lowest BCUT2D eigenvalue weighted by atomic mass is 10.1. The van der Waals surface area contributed by atoms with Crippen molar-refractivity contribution in [3.63, 3.8) is 0 Å². The molecule has 0 aromatic carbocycles. The predicted octanol–water partition coefficient (Wildman–Crippen LogP) is 1.67. The van der Waals surface area contributed by atoms with E-state index in [0.29, 0.717) is 5.60 Å². The van der Waals surface area contributed by atoms with E-state index in [-0.39, 0.29) is 0 Å². The minimum absolute atomic E-state index is 0.372. The van der Waals surface area contributed by atoms with Gasteiger partial charge in [-0.25, -0.2) is 0 Å². The first-order chi connectivity index (χ1) is 4.31. The fourth-order valence-electron chi connectivity index (χ4n) is 1.25. The molecule has 0 bridgehead atoms. The Morgan fingerprint density at radius 1 is 1.67 bits per heavy atom. The van der Waals surface area contributed by atoms with E-state index >= 15 is 0 Å². The normalized spacial score (nSPS) is 49.7. The highest BCUT2D eigenvalue weighted by molar-refractivity contribution is 8.00. The van der Waals surface area contributed by atoms with Crippen molar-refractivity contribution in [1.29, 1.82) is 0 Å². The van der Waals surface area contributed by atoms with Gasteiger partial charge in [-0.05, 0) is 12.8 Å². The largest absolute Gasteiger partial charge is 0.369 e. The van der Waals surface area contributed by atoms with Crippen LogP contribution < -0.4 is 0 Å². The molecule has 0 aliphatic carbocycles. The maximum Gasteiger partial charge on any atom is 0.101 e. The van der Waals surface area contributed by atoms with E-state index in [0.717, 1.165) is 11.9 Å². The van der Waals surface area contributed by atoms with Crippen molar-refractivity contribution < 1.29 is 4.74 Å². The van der Waals surface area contributed by atoms with Gasteiger partial charge < -0.3 is 4.74 Å². The maximum atomic E-state index is 5.36. The predicted molar refractivity (Wildman–Crippen MR) is 39.8 cm³/mol. The Bertz CT molecular complexity index is 110. The summed E-state index contributed by atoms with van der Waals surface area (Å²) >= 11 is 2.06. The minimum atomic E-state index is 0.372. The highest BCUT2D eigenvalue weighted by atomic mass is 32.2. The number of hydrogen-bond donors (Lipinski definition) is 0. The van der Waals surface area contributed by atoms with Crippen molar-refractivity contribution in [1.82, 2.24) is 0 Å². The van der Waals surface area contributed by atoms with Crippen LogP contribution >= 0.6 is 11.8 Å². The Balaban J connectivity index is 1.91. The number of ether oxygens (including phenoxy) is 1. The molecule has 1 spiro atoms. The molecule has 0 N–H and O–H groups in total. The Labute approximate surface area is 60.2 Å². The topological polar surface area (TPSA) is 12.5 Å². The molecule has 2 unspecified atom stereocenters. The summed E-state index contributed by atoms with van der Waals surface area (Å²) in [6.07, 6.45) is 2.66. The summed E-state index contributed by atoms with van der Waals surface area (Å²) in [4.78, 5) is 0. The summed E-state index contributed by atoms with van der Waals surface area (Å²) in [5, 5.41) is 0.875. The molecular formula is C7H12OS. The minimum Gasteiger partial charge on any atom is -0.369 e. The third kappa shape index (κ3) is 1.10. The van der Waals surface area contributed by atoms with Gasteiger partial charge in [-0.3, -0.25) is 0 Å². The van der Waals surface area contributed by atoms with Gasteiger partial charge in [0.1, 0.15) is 5.60 Å². The molecular weight excluding hydrogens is 132 g/mol. The monoisotopic (exact) mass is 144 g/mol. The van der Waals surface area contributed by atoms with Crippen LogP contribution in [0, 0.1) is 0 Å². The van der Waals surface area contributed by atoms with Crippen molar-refractivity contribution in [2.45, 2.75) is 30.6 Å². The van der Waals surface area contributed by atoms with Crippen molar-refractivity contribution in [2.75, 3.05) is 12.4 Å². The van der Waals surface area contributed by atoms with Crippen LogP contribution in [0.5, 0.6) is 0 Å². The molecule has 0 saturated carbocycles. The van der Waals surface area contributed by atoms with Gasteiger partial charge >= 0.3 is 0 Å². The number of epoxide rings is 1. The molecule has 2 aliphatic heterocycles. The average molecular weight is 144 g/mol. The third-order valence-corrected chi connectivity index (χ3v) is 3.69. The lowest BCUT2D eigenvalue weighted by Gasteiger charge is -2.22. The third-order valence-electron chi connectivity index (χ3n) is 2.19. The van der Waals surface area contributed by atoms with Gasteiger partial charge in [-0.1, -0.05) is 6.92 Å². The molecule has 0 aromatic heterocycles. The zero-order valence-corrected chi connectivity index (χ0v) is 6.54. The van der Waals surface area contributed by atoms with Crippen LogP contribution in [0.25, 0.3) is 0 Å². The lowest BCUT2D eigenvalue weighted by Crippen LogP contribution is -2.23. The lowest BCUT2D eigenvalue weighted by molar-refractivity contribution is 0.303. The molecule has 2 heterocycles. The number of rotatable bonds is 0. The van der Waals surface area contributed by atoms with Gasteiger partial charge in [0.05, 0.1) is 6.61 Å². The number of thioether (sulfide) groups is 1. The van der Waals surface area contributed by atoms with Gasteiger partial charge in [0, 0.05) is 11.0 Å². The first-order valence-electron chi connectivity index (χ1n) is 3.56. The van der Waals surface area contributed by atoms with E-state index in [1.165, 1.54) is 18.6 Å². The van der Waals surface area contributed by atoms with Crippen molar-refractivity contribution in [2.24, 2.45) is 0 Å². The summed E-state index contributed by atoms with van der Waals surface area (Å²) in [7, 11) is 0. The van der Waals surface area contributed by atoms with Crippen LogP contribution in [-0.4, -0.2) is 23.2 Å². The summed E-state index contributed by atoms with van der Waals surface area (Å²) in [6.45, 7) is 3.34. The molecule has 0 radical (unpaired) electrons. The first kappa shape index (κ1) is 6.05. The quantitative estimate of drug-likeness (QED) is 0.479. The van der Waals surface area contributed by atoms with E-state index in [1.54, 1.807) is 0 Å². The Morgan fingerprint density at radius 2 is 2.44 bits per heavy atom. The zero-order chi connectivity index (χ0) is 6.32. The summed E-state index contributed by atoms with van der Waals surface area (Å²) in [5.74, 6) is 1.24. The Hall–Kier alpha value is 0.310. The van der Waals surface area contributed by atoms with E-state index in [2.05, 4.69) is 18.7 Å². The average Bonchev–Trinajstić information content (AvgIpc) is 2.60. The molecule has 2 heteroatoms. The van der Waals surface area contributed by atoms with Crippen molar-refractivity contribution >= 4 is 11.8 Å². The van der Waals surface area contributed by atoms with Crippen LogP contribution in [0.3, 0.4) is 0 Å². The van der Waals surface area contributed by atoms with E-state index < -0.39 is 0 Å². The van der Waals surface area contributed by atoms with Gasteiger partial charge in [0.25, 0.3) is 0 Å². The van der Waals surface area contributed by atoms with Crippen molar-refractivity contribution in [3.8, 4) is 0 Å². The second-order valence-corrected chi connectivity index (χ2v) is 4.56. The molecule has 2 aliphatic rings. The van der Waals surface area contributed by atoms with Gasteiger partial charge in [-0.15, -0.1) is 0 Å². The number of hydrogen-bond acceptors (Lipinski definition) is 2. The molecule has 9 heavy (non-hydrogen) atoms. The first-order valence-corrected chi connectivity index (χ1v) is 4.61. The van der Waals surface area contributed by atoms with Crippen LogP contribution in [0.1, 0.15) is 19.8 Å². The Kier molecular flexibility index (Phi) is 1.27. The molecule has 2 rings (SSSR count). The highest BCUT2D eigenvalue weighted by Crippen LogP contribution is 2.42. The second-order valence-electron chi connectivity index (χ2n) is 3.13.